The van der Waals surface area contributed by atoms with Crippen molar-refractivity contribution in [2.75, 3.05) is 13.7 Å². The summed E-state index contributed by atoms with van der Waals surface area (Å²) < 4.78 is 59.9. The third kappa shape index (κ3) is 2.40. The second-order valence-electron chi connectivity index (χ2n) is 7.86. The third-order valence-corrected chi connectivity index (χ3v) is 6.31. The second-order valence-corrected chi connectivity index (χ2v) is 7.86. The van der Waals surface area contributed by atoms with Crippen LogP contribution < -0.4 is 4.74 Å². The first-order chi connectivity index (χ1) is 11.7. The maximum Gasteiger partial charge on any atom is 0.395 e. The Hall–Kier alpha value is -1.27. The van der Waals surface area contributed by atoms with Crippen molar-refractivity contribution in [3.05, 3.63) is 29.3 Å². The number of fused-ring (bicyclic) bond motifs is 5. The Bertz CT molecular complexity index is 685. The molecule has 0 unspecified atom stereocenters. The number of halogens is 3. The maximum atomic E-state index is 14.4. The number of benzene rings is 1. The monoisotopic (exact) mass is 356 g/mol. The van der Waals surface area contributed by atoms with Crippen molar-refractivity contribution in [1.82, 2.24) is 0 Å². The molecule has 0 amide bonds. The topological polar surface area (TPSA) is 27.7 Å². The summed E-state index contributed by atoms with van der Waals surface area (Å²) >= 11 is 0. The Morgan fingerprint density at radius 1 is 1.24 bits per heavy atom. The zero-order valence-corrected chi connectivity index (χ0v) is 14.7. The summed E-state index contributed by atoms with van der Waals surface area (Å²) in [4.78, 5) is 0. The van der Waals surface area contributed by atoms with Crippen molar-refractivity contribution in [1.29, 1.82) is 0 Å². The van der Waals surface area contributed by atoms with Gasteiger partial charge in [0.25, 0.3) is 0 Å². The number of methoxy groups -OCH3 is 1. The molecule has 3 nitrogen and oxygen atoms in total. The number of ether oxygens (including phenoxy) is 3. The average molecular weight is 356 g/mol. The average Bonchev–Trinajstić information content (AvgIpc) is 2.87. The van der Waals surface area contributed by atoms with E-state index in [0.29, 0.717) is 18.6 Å². The summed E-state index contributed by atoms with van der Waals surface area (Å²) in [5.41, 5.74) is -0.0151. The summed E-state index contributed by atoms with van der Waals surface area (Å²) in [7, 11) is 1.57. The molecule has 25 heavy (non-hydrogen) atoms. The van der Waals surface area contributed by atoms with E-state index in [9.17, 15) is 13.2 Å². The lowest BCUT2D eigenvalue weighted by atomic mass is 9.61. The molecule has 0 aromatic heterocycles. The molecular weight excluding hydrogens is 333 g/mol. The first-order valence-electron chi connectivity index (χ1n) is 8.73. The van der Waals surface area contributed by atoms with Gasteiger partial charge in [-0.25, -0.2) is 0 Å². The molecule has 4 atom stereocenters. The van der Waals surface area contributed by atoms with Gasteiger partial charge < -0.3 is 14.2 Å². The summed E-state index contributed by atoms with van der Waals surface area (Å²) in [6.07, 6.45) is -3.85. The lowest BCUT2D eigenvalue weighted by Crippen LogP contribution is -2.54. The van der Waals surface area contributed by atoms with E-state index < -0.39 is 35.3 Å². The molecule has 1 aromatic carbocycles. The smallest absolute Gasteiger partial charge is 0.395 e. The molecule has 0 spiro atoms. The quantitative estimate of drug-likeness (QED) is 0.744. The minimum absolute atomic E-state index is 0.0790. The van der Waals surface area contributed by atoms with Crippen LogP contribution in [0.2, 0.25) is 0 Å². The number of aryl methyl sites for hydroxylation is 1. The van der Waals surface area contributed by atoms with Crippen LogP contribution in [0.4, 0.5) is 13.2 Å². The van der Waals surface area contributed by atoms with Crippen LogP contribution >= 0.6 is 0 Å². The van der Waals surface area contributed by atoms with Gasteiger partial charge in [-0.15, -0.1) is 0 Å². The van der Waals surface area contributed by atoms with Gasteiger partial charge in [0.1, 0.15) is 5.75 Å². The van der Waals surface area contributed by atoms with Gasteiger partial charge in [0.2, 0.25) is 0 Å². The van der Waals surface area contributed by atoms with Gasteiger partial charge >= 0.3 is 6.18 Å². The highest BCUT2D eigenvalue weighted by molar-refractivity contribution is 5.43. The van der Waals surface area contributed by atoms with Gasteiger partial charge in [-0.3, -0.25) is 0 Å². The van der Waals surface area contributed by atoms with E-state index in [0.717, 1.165) is 11.1 Å². The summed E-state index contributed by atoms with van der Waals surface area (Å²) in [5.74, 6) is -1.38. The molecule has 1 heterocycles. The van der Waals surface area contributed by atoms with Gasteiger partial charge in [0.05, 0.1) is 25.2 Å². The van der Waals surface area contributed by atoms with Gasteiger partial charge in [-0.2, -0.15) is 13.2 Å². The van der Waals surface area contributed by atoms with Crippen LogP contribution in [-0.2, 0) is 15.9 Å². The molecule has 1 saturated carbocycles. The lowest BCUT2D eigenvalue weighted by molar-refractivity contribution is -0.322. The zero-order valence-electron chi connectivity index (χ0n) is 14.7. The minimum Gasteiger partial charge on any atom is -0.497 e. The van der Waals surface area contributed by atoms with Crippen molar-refractivity contribution < 1.29 is 27.4 Å². The fraction of sp³-hybridized carbons (Fsp3) is 0.684. The predicted molar refractivity (Wildman–Crippen MR) is 85.6 cm³/mol. The number of hydrogen-bond donors (Lipinski definition) is 0. The Morgan fingerprint density at radius 2 is 2.00 bits per heavy atom. The van der Waals surface area contributed by atoms with Crippen molar-refractivity contribution in [2.45, 2.75) is 57.1 Å². The highest BCUT2D eigenvalue weighted by Crippen LogP contribution is 2.67. The van der Waals surface area contributed by atoms with E-state index in [1.807, 2.05) is 12.1 Å². The predicted octanol–water partition coefficient (Wildman–Crippen LogP) is 4.45. The molecule has 3 aliphatic rings. The first kappa shape index (κ1) is 17.2. The molecule has 0 bridgehead atoms. The van der Waals surface area contributed by atoms with Crippen molar-refractivity contribution in [3.8, 4) is 5.75 Å². The molecule has 1 aromatic rings. The van der Waals surface area contributed by atoms with Gasteiger partial charge in [0.15, 0.2) is 5.79 Å². The highest BCUT2D eigenvalue weighted by atomic mass is 19.4. The van der Waals surface area contributed by atoms with Crippen LogP contribution in [0.25, 0.3) is 0 Å². The Balaban J connectivity index is 1.81. The number of hydrogen-bond acceptors (Lipinski definition) is 3. The Morgan fingerprint density at radius 3 is 2.68 bits per heavy atom. The standard InChI is InChI=1S/C19H23F3O3/c1-17(2)24-10-15-16(25-17)9-14-13-5-4-12(23-3)8-11(13)6-7-18(14,15)19(20,21)22/h4-5,8,14-16H,6-7,9-10H2,1-3H3/t14-,15+,16+,18+/m0/s1. The SMILES string of the molecule is COc1ccc2c(c1)CC[C@]1(C(F)(F)F)[C@@H]3COC(C)(C)O[C@@H]3C[C@@H]21. The molecule has 1 saturated heterocycles. The molecule has 2 fully saturated rings. The van der Waals surface area contributed by atoms with Gasteiger partial charge in [-0.1, -0.05) is 6.07 Å². The van der Waals surface area contributed by atoms with Gasteiger partial charge in [-0.05, 0) is 56.4 Å². The Kier molecular flexibility index (Phi) is 3.68. The molecule has 2 aliphatic carbocycles. The van der Waals surface area contributed by atoms with Crippen molar-refractivity contribution in [2.24, 2.45) is 11.3 Å². The van der Waals surface area contributed by atoms with E-state index in [4.69, 9.17) is 14.2 Å². The van der Waals surface area contributed by atoms with Crippen molar-refractivity contribution in [3.63, 3.8) is 0 Å². The van der Waals surface area contributed by atoms with Crippen LogP contribution in [0.1, 0.15) is 43.7 Å². The maximum absolute atomic E-state index is 14.4. The fourth-order valence-electron chi connectivity index (χ4n) is 5.19. The van der Waals surface area contributed by atoms with E-state index >= 15 is 0 Å². The van der Waals surface area contributed by atoms with Crippen LogP contribution in [0.3, 0.4) is 0 Å². The minimum atomic E-state index is -4.29. The van der Waals surface area contributed by atoms with Crippen molar-refractivity contribution >= 4 is 0 Å². The molecule has 6 heteroatoms. The molecule has 1 aliphatic heterocycles. The van der Waals surface area contributed by atoms with Crippen LogP contribution in [0.5, 0.6) is 5.75 Å². The van der Waals surface area contributed by atoms with Crippen LogP contribution in [0.15, 0.2) is 18.2 Å². The van der Waals surface area contributed by atoms with E-state index in [1.165, 1.54) is 0 Å². The molecule has 138 valence electrons. The normalized spacial score (nSPS) is 36.3. The van der Waals surface area contributed by atoms with E-state index in [1.54, 1.807) is 27.0 Å². The third-order valence-electron chi connectivity index (χ3n) is 6.31. The largest absolute Gasteiger partial charge is 0.497 e. The second kappa shape index (κ2) is 5.36. The molecule has 4 rings (SSSR count). The molecular formula is C19H23F3O3. The summed E-state index contributed by atoms with van der Waals surface area (Å²) in [6.45, 7) is 3.63. The molecule has 0 N–H and O–H groups in total. The van der Waals surface area contributed by atoms with E-state index in [-0.39, 0.29) is 13.0 Å². The highest BCUT2D eigenvalue weighted by Gasteiger charge is 2.71. The van der Waals surface area contributed by atoms with E-state index in [2.05, 4.69) is 0 Å². The lowest BCUT2D eigenvalue weighted by Gasteiger charge is -2.48. The zero-order chi connectivity index (χ0) is 18.0. The van der Waals surface area contributed by atoms with Gasteiger partial charge in [0, 0.05) is 11.8 Å². The van der Waals surface area contributed by atoms with Crippen LogP contribution in [-0.4, -0.2) is 31.8 Å². The molecule has 0 radical (unpaired) electrons. The number of alkyl halides is 3. The van der Waals surface area contributed by atoms with Crippen LogP contribution in [0, 0.1) is 11.3 Å². The Labute approximate surface area is 145 Å². The number of rotatable bonds is 1. The first-order valence-corrected chi connectivity index (χ1v) is 8.73. The fourth-order valence-corrected chi connectivity index (χ4v) is 5.19. The summed E-state index contributed by atoms with van der Waals surface area (Å²) in [5, 5.41) is 0. The summed E-state index contributed by atoms with van der Waals surface area (Å²) in [6, 6.07) is 5.44.